The van der Waals surface area contributed by atoms with Crippen molar-refractivity contribution in [3.05, 3.63) is 36.4 Å². The smallest absolute Gasteiger partial charge is 0.181 e. The molecule has 0 unspecified atom stereocenters. The van der Waals surface area contributed by atoms with E-state index in [0.29, 0.717) is 0 Å². The van der Waals surface area contributed by atoms with E-state index in [4.69, 9.17) is 4.42 Å². The molecule has 0 aliphatic rings. The van der Waals surface area contributed by atoms with Gasteiger partial charge in [0.2, 0.25) is 0 Å². The van der Waals surface area contributed by atoms with Crippen molar-refractivity contribution in [2.24, 2.45) is 0 Å². The van der Waals surface area contributed by atoms with Gasteiger partial charge in [0.15, 0.2) is 12.0 Å². The van der Waals surface area contributed by atoms with Crippen LogP contribution in [0.15, 0.2) is 35.1 Å². The lowest BCUT2D eigenvalue weighted by atomic mass is 10.1. The number of H-pyrrole nitrogens is 1. The summed E-state index contributed by atoms with van der Waals surface area (Å²) in [5.41, 5.74) is 4.63. The molecule has 5 heteroatoms. The second-order valence-corrected chi connectivity index (χ2v) is 3.84. The number of rotatable bonds is 3. The number of aromatic amines is 1. The number of oxazole rings is 1. The summed E-state index contributed by atoms with van der Waals surface area (Å²) in [7, 11) is 1.90. The van der Waals surface area contributed by atoms with Crippen LogP contribution in [0.25, 0.3) is 22.4 Å². The van der Waals surface area contributed by atoms with Crippen molar-refractivity contribution in [2.75, 3.05) is 7.05 Å². The highest BCUT2D eigenvalue weighted by Crippen LogP contribution is 2.22. The van der Waals surface area contributed by atoms with Crippen LogP contribution in [0.3, 0.4) is 0 Å². The van der Waals surface area contributed by atoms with Crippen molar-refractivity contribution < 1.29 is 4.42 Å². The molecule has 0 saturated carbocycles. The summed E-state index contributed by atoms with van der Waals surface area (Å²) in [6.45, 7) is 0.775. The number of fused-ring (bicyclic) bond motifs is 1. The quantitative estimate of drug-likeness (QED) is 0.719. The van der Waals surface area contributed by atoms with Gasteiger partial charge < -0.3 is 9.73 Å². The lowest BCUT2D eigenvalue weighted by molar-refractivity contribution is 0.602. The van der Waals surface area contributed by atoms with Gasteiger partial charge in [-0.25, -0.2) is 4.98 Å². The Morgan fingerprint density at radius 1 is 1.35 bits per heavy atom. The fourth-order valence-electron chi connectivity index (χ4n) is 1.80. The van der Waals surface area contributed by atoms with Crippen LogP contribution in [0, 0.1) is 0 Å². The molecule has 2 heterocycles. The normalized spacial score (nSPS) is 11.1. The Hall–Kier alpha value is -2.14. The third-order valence-electron chi connectivity index (χ3n) is 2.63. The number of hydrogen-bond acceptors (Lipinski definition) is 4. The van der Waals surface area contributed by atoms with Crippen molar-refractivity contribution in [2.45, 2.75) is 6.54 Å². The second-order valence-electron chi connectivity index (χ2n) is 3.84. The molecule has 0 fully saturated rings. The first-order valence-corrected chi connectivity index (χ1v) is 5.39. The van der Waals surface area contributed by atoms with Gasteiger partial charge in [-0.1, -0.05) is 6.07 Å². The Balaban J connectivity index is 2.00. The second kappa shape index (κ2) is 4.03. The third kappa shape index (κ3) is 1.81. The van der Waals surface area contributed by atoms with Crippen molar-refractivity contribution in [1.29, 1.82) is 0 Å². The van der Waals surface area contributed by atoms with E-state index in [2.05, 4.69) is 20.5 Å². The fraction of sp³-hybridized carbons (Fsp3) is 0.167. The van der Waals surface area contributed by atoms with Crippen LogP contribution in [-0.4, -0.2) is 22.2 Å². The van der Waals surface area contributed by atoms with Gasteiger partial charge >= 0.3 is 0 Å². The molecular formula is C12H12N4O. The molecule has 17 heavy (non-hydrogen) atoms. The SMILES string of the molecule is CNCc1cc(-c2ccc3ncoc3c2)n[nH]1. The predicted molar refractivity (Wildman–Crippen MR) is 64.4 cm³/mol. The summed E-state index contributed by atoms with van der Waals surface area (Å²) in [5, 5.41) is 10.3. The van der Waals surface area contributed by atoms with Gasteiger partial charge in [-0.05, 0) is 25.2 Å². The van der Waals surface area contributed by atoms with Crippen molar-refractivity contribution in [1.82, 2.24) is 20.5 Å². The number of hydrogen-bond donors (Lipinski definition) is 2. The number of aromatic nitrogens is 3. The zero-order valence-electron chi connectivity index (χ0n) is 9.40. The standard InChI is InChI=1S/C12H12N4O/c1-13-6-9-5-11(16-15-9)8-2-3-10-12(4-8)17-7-14-10/h2-5,7,13H,6H2,1H3,(H,15,16). The van der Waals surface area contributed by atoms with Crippen LogP contribution >= 0.6 is 0 Å². The molecule has 0 radical (unpaired) electrons. The van der Waals surface area contributed by atoms with Gasteiger partial charge in [0.25, 0.3) is 0 Å². The summed E-state index contributed by atoms with van der Waals surface area (Å²) in [5.74, 6) is 0. The molecule has 0 spiro atoms. The van der Waals surface area contributed by atoms with Crippen LogP contribution in [0.5, 0.6) is 0 Å². The van der Waals surface area contributed by atoms with Crippen molar-refractivity contribution >= 4 is 11.1 Å². The molecule has 86 valence electrons. The predicted octanol–water partition coefficient (Wildman–Crippen LogP) is 1.94. The fourth-order valence-corrected chi connectivity index (χ4v) is 1.80. The molecule has 3 rings (SSSR count). The Kier molecular flexibility index (Phi) is 2.38. The van der Waals surface area contributed by atoms with Crippen molar-refractivity contribution in [3.8, 4) is 11.3 Å². The van der Waals surface area contributed by atoms with Gasteiger partial charge in [-0.15, -0.1) is 0 Å². The average molecular weight is 228 g/mol. The van der Waals surface area contributed by atoms with Crippen LogP contribution in [0.4, 0.5) is 0 Å². The summed E-state index contributed by atoms with van der Waals surface area (Å²) in [4.78, 5) is 4.08. The van der Waals surface area contributed by atoms with E-state index in [9.17, 15) is 0 Å². The zero-order chi connectivity index (χ0) is 11.7. The summed E-state index contributed by atoms with van der Waals surface area (Å²) in [6, 6.07) is 7.89. The molecule has 0 saturated heterocycles. The molecule has 0 amide bonds. The average Bonchev–Trinajstić information content (AvgIpc) is 2.96. The molecule has 0 bridgehead atoms. The summed E-state index contributed by atoms with van der Waals surface area (Å²) >= 11 is 0. The molecule has 5 nitrogen and oxygen atoms in total. The zero-order valence-corrected chi connectivity index (χ0v) is 9.40. The molecule has 0 aliphatic carbocycles. The van der Waals surface area contributed by atoms with E-state index in [1.807, 2.05) is 31.3 Å². The Labute approximate surface area is 97.9 Å². The Morgan fingerprint density at radius 3 is 3.18 bits per heavy atom. The first-order valence-electron chi connectivity index (χ1n) is 5.39. The highest BCUT2D eigenvalue weighted by molar-refractivity contribution is 5.78. The topological polar surface area (TPSA) is 66.7 Å². The van der Waals surface area contributed by atoms with Gasteiger partial charge in [-0.3, -0.25) is 5.10 Å². The van der Waals surface area contributed by atoms with E-state index in [-0.39, 0.29) is 0 Å². The van der Waals surface area contributed by atoms with Gasteiger partial charge in [-0.2, -0.15) is 5.10 Å². The third-order valence-corrected chi connectivity index (χ3v) is 2.63. The minimum absolute atomic E-state index is 0.775. The van der Waals surface area contributed by atoms with Gasteiger partial charge in [0.05, 0.1) is 5.69 Å². The molecule has 1 aromatic carbocycles. The van der Waals surface area contributed by atoms with Gasteiger partial charge in [0.1, 0.15) is 5.52 Å². The maximum atomic E-state index is 5.27. The van der Waals surface area contributed by atoms with Crippen molar-refractivity contribution in [3.63, 3.8) is 0 Å². The Bertz CT molecular complexity index is 641. The van der Waals surface area contributed by atoms with E-state index >= 15 is 0 Å². The van der Waals surface area contributed by atoms with Gasteiger partial charge in [0, 0.05) is 17.8 Å². The lowest BCUT2D eigenvalue weighted by Crippen LogP contribution is -2.04. The first kappa shape index (κ1) is 10.0. The van der Waals surface area contributed by atoms with Crippen LogP contribution in [0.2, 0.25) is 0 Å². The highest BCUT2D eigenvalue weighted by Gasteiger charge is 2.06. The van der Waals surface area contributed by atoms with Crippen LogP contribution in [0.1, 0.15) is 5.69 Å². The van der Waals surface area contributed by atoms with Crippen LogP contribution in [-0.2, 0) is 6.54 Å². The molecule has 0 atom stereocenters. The van der Waals surface area contributed by atoms with Crippen LogP contribution < -0.4 is 5.32 Å². The lowest BCUT2D eigenvalue weighted by Gasteiger charge is -1.94. The van der Waals surface area contributed by atoms with E-state index < -0.39 is 0 Å². The summed E-state index contributed by atoms with van der Waals surface area (Å²) < 4.78 is 5.27. The number of nitrogens with zero attached hydrogens (tertiary/aromatic N) is 2. The minimum Gasteiger partial charge on any atom is -0.443 e. The van der Waals surface area contributed by atoms with E-state index in [0.717, 1.165) is 34.6 Å². The maximum absolute atomic E-state index is 5.27. The summed E-state index contributed by atoms with van der Waals surface area (Å²) in [6.07, 6.45) is 1.45. The highest BCUT2D eigenvalue weighted by atomic mass is 16.3. The number of nitrogens with one attached hydrogen (secondary N) is 2. The molecule has 0 aliphatic heterocycles. The first-order chi connectivity index (χ1) is 8.36. The van der Waals surface area contributed by atoms with E-state index in [1.54, 1.807) is 0 Å². The minimum atomic E-state index is 0.775. The monoisotopic (exact) mass is 228 g/mol. The molecule has 2 N–H and O–H groups in total. The largest absolute Gasteiger partial charge is 0.443 e. The molecule has 2 aromatic heterocycles. The number of benzene rings is 1. The Morgan fingerprint density at radius 2 is 2.29 bits per heavy atom. The molecular weight excluding hydrogens is 216 g/mol. The molecule has 3 aromatic rings. The maximum Gasteiger partial charge on any atom is 0.181 e. The van der Waals surface area contributed by atoms with E-state index in [1.165, 1.54) is 6.39 Å².